The van der Waals surface area contributed by atoms with Gasteiger partial charge in [-0.05, 0) is 25.7 Å². The average molecular weight is 215 g/mol. The summed E-state index contributed by atoms with van der Waals surface area (Å²) in [4.78, 5) is 1.88. The normalized spacial score (nSPS) is 35.3. The van der Waals surface area contributed by atoms with E-state index in [1.807, 2.05) is 4.80 Å². The molecule has 1 aromatic heterocycles. The summed E-state index contributed by atoms with van der Waals surface area (Å²) in [5.74, 6) is 0. The van der Waals surface area contributed by atoms with E-state index >= 15 is 0 Å². The van der Waals surface area contributed by atoms with E-state index in [9.17, 15) is 0 Å². The van der Waals surface area contributed by atoms with Gasteiger partial charge in [-0.15, -0.1) is 12.4 Å². The Labute approximate surface area is 89.5 Å². The molecule has 2 bridgehead atoms. The van der Waals surface area contributed by atoms with Crippen LogP contribution in [-0.2, 0) is 0 Å². The Balaban J connectivity index is 0.000000750. The van der Waals surface area contributed by atoms with E-state index in [4.69, 9.17) is 0 Å². The number of nitrogens with zero attached hydrogens (tertiary/aromatic N) is 3. The molecule has 14 heavy (non-hydrogen) atoms. The number of hydrogen-bond donors (Lipinski definition) is 1. The summed E-state index contributed by atoms with van der Waals surface area (Å²) in [6.45, 7) is 0. The average Bonchev–Trinajstić information content (AvgIpc) is 2.75. The highest BCUT2D eigenvalue weighted by Gasteiger charge is 2.34. The first-order chi connectivity index (χ1) is 6.42. The molecule has 1 aromatic rings. The molecule has 3 atom stereocenters. The molecule has 0 saturated carbocycles. The third-order valence-corrected chi connectivity index (χ3v) is 3.21. The molecule has 1 N–H and O–H groups in total. The van der Waals surface area contributed by atoms with Gasteiger partial charge in [-0.2, -0.15) is 15.0 Å². The van der Waals surface area contributed by atoms with Crippen LogP contribution in [0.15, 0.2) is 12.4 Å². The van der Waals surface area contributed by atoms with Crippen molar-refractivity contribution in [3.8, 4) is 0 Å². The summed E-state index contributed by atoms with van der Waals surface area (Å²) in [6.07, 6.45) is 8.61. The number of rotatable bonds is 1. The predicted molar refractivity (Wildman–Crippen MR) is 55.5 cm³/mol. The maximum Gasteiger partial charge on any atom is 0.0746 e. The van der Waals surface area contributed by atoms with Crippen molar-refractivity contribution < 1.29 is 0 Å². The van der Waals surface area contributed by atoms with Gasteiger partial charge in [0.1, 0.15) is 0 Å². The van der Waals surface area contributed by atoms with Crippen LogP contribution < -0.4 is 5.32 Å². The molecule has 0 aromatic carbocycles. The van der Waals surface area contributed by atoms with Crippen LogP contribution in [0, 0.1) is 0 Å². The molecular weight excluding hydrogens is 200 g/mol. The molecule has 1 unspecified atom stereocenters. The molecule has 5 heteroatoms. The molecule has 3 rings (SSSR count). The Morgan fingerprint density at radius 3 is 2.21 bits per heavy atom. The quantitative estimate of drug-likeness (QED) is 0.763. The summed E-state index contributed by atoms with van der Waals surface area (Å²) in [5.41, 5.74) is 0. The highest BCUT2D eigenvalue weighted by atomic mass is 35.5. The van der Waals surface area contributed by atoms with Gasteiger partial charge in [0.15, 0.2) is 0 Å². The topological polar surface area (TPSA) is 42.7 Å². The van der Waals surface area contributed by atoms with Gasteiger partial charge in [0.05, 0.1) is 18.4 Å². The molecule has 78 valence electrons. The molecule has 0 spiro atoms. The van der Waals surface area contributed by atoms with Crippen LogP contribution in [-0.4, -0.2) is 27.1 Å². The minimum absolute atomic E-state index is 0. The zero-order valence-electron chi connectivity index (χ0n) is 7.97. The van der Waals surface area contributed by atoms with Crippen molar-refractivity contribution in [3.63, 3.8) is 0 Å². The molecule has 3 heterocycles. The molecular formula is C9H15ClN4. The van der Waals surface area contributed by atoms with Gasteiger partial charge < -0.3 is 5.32 Å². The Morgan fingerprint density at radius 2 is 1.64 bits per heavy atom. The fourth-order valence-corrected chi connectivity index (χ4v) is 2.63. The van der Waals surface area contributed by atoms with Gasteiger partial charge in [-0.3, -0.25) is 0 Å². The van der Waals surface area contributed by atoms with Crippen molar-refractivity contribution in [3.05, 3.63) is 12.4 Å². The lowest BCUT2D eigenvalue weighted by atomic mass is 10.0. The molecule has 2 fully saturated rings. The maximum atomic E-state index is 4.21. The Morgan fingerprint density at radius 1 is 1.07 bits per heavy atom. The first-order valence-electron chi connectivity index (χ1n) is 5.03. The number of hydrogen-bond acceptors (Lipinski definition) is 3. The summed E-state index contributed by atoms with van der Waals surface area (Å²) in [6, 6.07) is 1.97. The second-order valence-corrected chi connectivity index (χ2v) is 4.11. The fraction of sp³-hybridized carbons (Fsp3) is 0.778. The van der Waals surface area contributed by atoms with Crippen molar-refractivity contribution in [2.24, 2.45) is 0 Å². The molecule has 2 aliphatic rings. The Hall–Kier alpha value is -0.610. The number of nitrogens with one attached hydrogen (secondary N) is 1. The number of fused-ring (bicyclic) bond motifs is 2. The minimum Gasteiger partial charge on any atom is -0.311 e. The third kappa shape index (κ3) is 1.64. The number of aromatic nitrogens is 3. The van der Waals surface area contributed by atoms with Gasteiger partial charge in [-0.1, -0.05) is 0 Å². The van der Waals surface area contributed by atoms with Crippen molar-refractivity contribution in [2.45, 2.75) is 43.8 Å². The third-order valence-electron chi connectivity index (χ3n) is 3.21. The van der Waals surface area contributed by atoms with E-state index in [1.54, 1.807) is 12.4 Å². The molecule has 2 saturated heterocycles. The first-order valence-corrected chi connectivity index (χ1v) is 5.03. The van der Waals surface area contributed by atoms with Gasteiger partial charge in [-0.25, -0.2) is 0 Å². The molecule has 0 radical (unpaired) electrons. The Kier molecular flexibility index (Phi) is 2.74. The maximum absolute atomic E-state index is 4.21. The van der Waals surface area contributed by atoms with E-state index < -0.39 is 0 Å². The number of halogens is 1. The molecule has 4 nitrogen and oxygen atoms in total. The predicted octanol–water partition coefficient (Wildman–Crippen LogP) is 1.16. The highest BCUT2D eigenvalue weighted by Crippen LogP contribution is 2.32. The summed E-state index contributed by atoms with van der Waals surface area (Å²) >= 11 is 0. The van der Waals surface area contributed by atoms with Crippen LogP contribution >= 0.6 is 12.4 Å². The lowest BCUT2D eigenvalue weighted by Crippen LogP contribution is -2.39. The largest absolute Gasteiger partial charge is 0.311 e. The number of piperidine rings is 1. The van der Waals surface area contributed by atoms with E-state index in [0.717, 1.165) is 12.1 Å². The van der Waals surface area contributed by atoms with Crippen molar-refractivity contribution in [1.82, 2.24) is 20.3 Å². The van der Waals surface area contributed by atoms with Crippen LogP contribution in [0.25, 0.3) is 0 Å². The van der Waals surface area contributed by atoms with E-state index in [1.165, 1.54) is 25.7 Å². The van der Waals surface area contributed by atoms with Crippen molar-refractivity contribution in [1.29, 1.82) is 0 Å². The standard InChI is InChI=1S/C9H14N4.ClH/c1-2-8-6-9(5-7(1)12-8)13-10-3-4-11-13;/h3-4,7-9,12H,1-2,5-6H2;1H/t7-,8+,9?;. The van der Waals surface area contributed by atoms with Crippen LogP contribution in [0.3, 0.4) is 0 Å². The molecule has 0 aliphatic carbocycles. The van der Waals surface area contributed by atoms with Gasteiger partial charge >= 0.3 is 0 Å². The lowest BCUT2D eigenvalue weighted by Gasteiger charge is -2.28. The molecule has 2 aliphatic heterocycles. The SMILES string of the molecule is Cl.c1cnn(C2C[C@H]3CC[C@@H](C2)N3)n1. The fourth-order valence-electron chi connectivity index (χ4n) is 2.63. The monoisotopic (exact) mass is 214 g/mol. The summed E-state index contributed by atoms with van der Waals surface area (Å²) in [5, 5.41) is 12.0. The summed E-state index contributed by atoms with van der Waals surface area (Å²) < 4.78 is 0. The van der Waals surface area contributed by atoms with Gasteiger partial charge in [0.2, 0.25) is 0 Å². The van der Waals surface area contributed by atoms with Crippen LogP contribution in [0.5, 0.6) is 0 Å². The smallest absolute Gasteiger partial charge is 0.0746 e. The highest BCUT2D eigenvalue weighted by molar-refractivity contribution is 5.85. The van der Waals surface area contributed by atoms with Crippen molar-refractivity contribution >= 4 is 12.4 Å². The van der Waals surface area contributed by atoms with Crippen LogP contribution in [0.2, 0.25) is 0 Å². The first kappa shape index (κ1) is 9.93. The van der Waals surface area contributed by atoms with E-state index in [0.29, 0.717) is 6.04 Å². The van der Waals surface area contributed by atoms with Crippen molar-refractivity contribution in [2.75, 3.05) is 0 Å². The summed E-state index contributed by atoms with van der Waals surface area (Å²) in [7, 11) is 0. The zero-order valence-corrected chi connectivity index (χ0v) is 8.78. The Bertz CT molecular complexity index is 275. The zero-order chi connectivity index (χ0) is 8.67. The van der Waals surface area contributed by atoms with Gasteiger partial charge in [0.25, 0.3) is 0 Å². The second kappa shape index (κ2) is 3.87. The molecule has 0 amide bonds. The van der Waals surface area contributed by atoms with Gasteiger partial charge in [0, 0.05) is 12.1 Å². The minimum atomic E-state index is 0. The van der Waals surface area contributed by atoms with E-state index in [2.05, 4.69) is 15.5 Å². The van der Waals surface area contributed by atoms with Crippen LogP contribution in [0.1, 0.15) is 31.7 Å². The lowest BCUT2D eigenvalue weighted by molar-refractivity contribution is 0.261. The van der Waals surface area contributed by atoms with Crippen LogP contribution in [0.4, 0.5) is 0 Å². The van der Waals surface area contributed by atoms with E-state index in [-0.39, 0.29) is 12.4 Å². The second-order valence-electron chi connectivity index (χ2n) is 4.11.